The monoisotopic (exact) mass is 364 g/mol. The first-order valence-corrected chi connectivity index (χ1v) is 9.03. The van der Waals surface area contributed by atoms with Gasteiger partial charge < -0.3 is 10.3 Å². The third-order valence-electron chi connectivity index (χ3n) is 4.30. The minimum atomic E-state index is -0.0926. The summed E-state index contributed by atoms with van der Waals surface area (Å²) in [6, 6.07) is 10.4. The molecule has 23 heavy (non-hydrogen) atoms. The van der Waals surface area contributed by atoms with E-state index in [0.717, 1.165) is 29.5 Å². The first kappa shape index (κ1) is 15.1. The number of rotatable bonds is 2. The van der Waals surface area contributed by atoms with E-state index in [1.165, 1.54) is 22.5 Å². The van der Waals surface area contributed by atoms with Crippen LogP contribution in [0.4, 0.5) is 0 Å². The Kier molecular flexibility index (Phi) is 3.84. The number of thiophene rings is 1. The van der Waals surface area contributed by atoms with Crippen molar-refractivity contribution >= 4 is 50.7 Å². The van der Waals surface area contributed by atoms with E-state index in [4.69, 9.17) is 23.2 Å². The Morgan fingerprint density at radius 1 is 1.26 bits per heavy atom. The van der Waals surface area contributed by atoms with Gasteiger partial charge in [-0.15, -0.1) is 11.3 Å². The molecule has 3 nitrogen and oxygen atoms in total. The van der Waals surface area contributed by atoms with Crippen LogP contribution in [0.15, 0.2) is 30.3 Å². The Morgan fingerprint density at radius 3 is 2.83 bits per heavy atom. The molecular weight excluding hydrogens is 351 g/mol. The maximum atomic E-state index is 12.5. The molecule has 118 valence electrons. The Morgan fingerprint density at radius 2 is 2.04 bits per heavy atom. The van der Waals surface area contributed by atoms with E-state index in [2.05, 4.69) is 28.5 Å². The summed E-state index contributed by atoms with van der Waals surface area (Å²) in [5.74, 6) is -0.0926. The number of amides is 1. The summed E-state index contributed by atoms with van der Waals surface area (Å²) in [6.45, 7) is 0. The van der Waals surface area contributed by atoms with Gasteiger partial charge >= 0.3 is 0 Å². The van der Waals surface area contributed by atoms with Gasteiger partial charge in [-0.1, -0.05) is 47.5 Å². The smallest absolute Gasteiger partial charge is 0.267 e. The molecule has 1 aliphatic rings. The first-order chi connectivity index (χ1) is 11.1. The third-order valence-corrected chi connectivity index (χ3v) is 6.23. The van der Waals surface area contributed by atoms with Gasteiger partial charge in [0.1, 0.15) is 10.0 Å². The topological polar surface area (TPSA) is 44.9 Å². The van der Waals surface area contributed by atoms with Crippen LogP contribution in [0.25, 0.3) is 10.2 Å². The van der Waals surface area contributed by atoms with Gasteiger partial charge in [-0.25, -0.2) is 0 Å². The van der Waals surface area contributed by atoms with Crippen molar-refractivity contribution in [2.24, 2.45) is 0 Å². The van der Waals surface area contributed by atoms with Crippen LogP contribution < -0.4 is 5.32 Å². The zero-order valence-electron chi connectivity index (χ0n) is 12.2. The average Bonchev–Trinajstić information content (AvgIpc) is 3.08. The molecule has 2 aromatic heterocycles. The van der Waals surface area contributed by atoms with Crippen molar-refractivity contribution in [2.75, 3.05) is 0 Å². The van der Waals surface area contributed by atoms with E-state index in [-0.39, 0.29) is 11.9 Å². The molecule has 0 radical (unpaired) electrons. The minimum Gasteiger partial charge on any atom is -0.349 e. The van der Waals surface area contributed by atoms with Gasteiger partial charge in [0.05, 0.1) is 15.2 Å². The molecule has 1 amide bonds. The highest BCUT2D eigenvalue weighted by Gasteiger charge is 2.22. The van der Waals surface area contributed by atoms with E-state index in [9.17, 15) is 4.79 Å². The lowest BCUT2D eigenvalue weighted by molar-refractivity contribution is 0.0929. The average molecular weight is 365 g/mol. The number of halogens is 2. The maximum absolute atomic E-state index is 12.5. The summed E-state index contributed by atoms with van der Waals surface area (Å²) in [4.78, 5) is 15.6. The van der Waals surface area contributed by atoms with E-state index in [0.29, 0.717) is 15.1 Å². The molecule has 0 saturated heterocycles. The number of hydrogen-bond donors (Lipinski definition) is 2. The van der Waals surface area contributed by atoms with Gasteiger partial charge in [0, 0.05) is 6.04 Å². The van der Waals surface area contributed by atoms with E-state index >= 15 is 0 Å². The quantitative estimate of drug-likeness (QED) is 0.672. The van der Waals surface area contributed by atoms with Gasteiger partial charge in [0.2, 0.25) is 0 Å². The van der Waals surface area contributed by atoms with Crippen molar-refractivity contribution in [3.05, 3.63) is 56.5 Å². The number of carbonyl (C=O) groups excluding carboxylic acids is 1. The number of fused-ring (bicyclic) bond motifs is 2. The predicted octanol–water partition coefficient (Wildman–Crippen LogP) is 4.82. The molecule has 1 unspecified atom stereocenters. The summed E-state index contributed by atoms with van der Waals surface area (Å²) in [6.07, 6.45) is 2.84. The fourth-order valence-corrected chi connectivity index (χ4v) is 4.61. The number of aryl methyl sites for hydroxylation is 1. The van der Waals surface area contributed by atoms with Gasteiger partial charge in [0.25, 0.3) is 5.91 Å². The van der Waals surface area contributed by atoms with Crippen molar-refractivity contribution < 1.29 is 4.79 Å². The lowest BCUT2D eigenvalue weighted by Gasteiger charge is -2.25. The fourth-order valence-electron chi connectivity index (χ4n) is 3.13. The van der Waals surface area contributed by atoms with Crippen molar-refractivity contribution in [3.8, 4) is 0 Å². The molecule has 1 aliphatic carbocycles. The predicted molar refractivity (Wildman–Crippen MR) is 95.9 cm³/mol. The molecule has 0 fully saturated rings. The highest BCUT2D eigenvalue weighted by Crippen LogP contribution is 2.38. The zero-order chi connectivity index (χ0) is 16.0. The third kappa shape index (κ3) is 2.75. The fraction of sp³-hybridized carbons (Fsp3) is 0.235. The number of H-pyrrole nitrogens is 1. The second kappa shape index (κ2) is 5.86. The highest BCUT2D eigenvalue weighted by atomic mass is 35.5. The lowest BCUT2D eigenvalue weighted by atomic mass is 9.88. The van der Waals surface area contributed by atoms with Crippen LogP contribution in [0, 0.1) is 0 Å². The molecule has 0 aliphatic heterocycles. The second-order valence-electron chi connectivity index (χ2n) is 5.79. The van der Waals surface area contributed by atoms with Crippen LogP contribution >= 0.6 is 34.5 Å². The number of benzene rings is 1. The van der Waals surface area contributed by atoms with Crippen LogP contribution in [-0.4, -0.2) is 16.9 Å². The summed E-state index contributed by atoms with van der Waals surface area (Å²) in [5.41, 5.74) is 3.98. The Labute approximate surface area is 147 Å². The largest absolute Gasteiger partial charge is 0.349 e. The Hall–Kier alpha value is -1.49. The summed E-state index contributed by atoms with van der Waals surface area (Å²) >= 11 is 13.5. The van der Waals surface area contributed by atoms with Crippen LogP contribution in [0.3, 0.4) is 0 Å². The zero-order valence-corrected chi connectivity index (χ0v) is 14.5. The second-order valence-corrected chi connectivity index (χ2v) is 7.83. The van der Waals surface area contributed by atoms with E-state index in [1.807, 2.05) is 12.1 Å². The van der Waals surface area contributed by atoms with Crippen molar-refractivity contribution in [3.63, 3.8) is 0 Å². The van der Waals surface area contributed by atoms with Crippen LogP contribution in [-0.2, 0) is 12.8 Å². The highest BCUT2D eigenvalue weighted by molar-refractivity contribution is 7.23. The van der Waals surface area contributed by atoms with Gasteiger partial charge in [-0.3, -0.25) is 4.79 Å². The van der Waals surface area contributed by atoms with E-state index in [1.54, 1.807) is 0 Å². The van der Waals surface area contributed by atoms with Crippen LogP contribution in [0.5, 0.6) is 0 Å². The molecule has 0 bridgehead atoms. The molecular formula is C17H14Cl2N2OS. The Bertz CT molecular complexity index is 899. The molecule has 4 rings (SSSR count). The van der Waals surface area contributed by atoms with Gasteiger partial charge in [-0.2, -0.15) is 0 Å². The van der Waals surface area contributed by atoms with Crippen molar-refractivity contribution in [1.29, 1.82) is 0 Å². The first-order valence-electron chi connectivity index (χ1n) is 7.46. The molecule has 3 aromatic rings. The van der Waals surface area contributed by atoms with Crippen LogP contribution in [0.2, 0.25) is 9.36 Å². The minimum absolute atomic E-state index is 0.0926. The van der Waals surface area contributed by atoms with Crippen molar-refractivity contribution in [1.82, 2.24) is 10.3 Å². The summed E-state index contributed by atoms with van der Waals surface area (Å²) in [7, 11) is 0. The van der Waals surface area contributed by atoms with Gasteiger partial charge in [-0.05, 0) is 36.5 Å². The summed E-state index contributed by atoms with van der Waals surface area (Å²) < 4.78 is 1.45. The SMILES string of the molecule is O=C(NC1CCc2ccccc2C1)c1cc2sc(Cl)c(Cl)c2[nH]1. The number of aromatic nitrogens is 1. The van der Waals surface area contributed by atoms with Gasteiger partial charge in [0.15, 0.2) is 0 Å². The number of nitrogens with one attached hydrogen (secondary N) is 2. The molecule has 0 spiro atoms. The molecule has 2 N–H and O–H groups in total. The molecule has 0 saturated carbocycles. The van der Waals surface area contributed by atoms with Crippen molar-refractivity contribution in [2.45, 2.75) is 25.3 Å². The number of carbonyl (C=O) groups is 1. The Balaban J connectivity index is 1.51. The van der Waals surface area contributed by atoms with Crippen LogP contribution in [0.1, 0.15) is 28.0 Å². The maximum Gasteiger partial charge on any atom is 0.267 e. The molecule has 2 heterocycles. The number of aromatic amines is 1. The molecule has 1 atom stereocenters. The standard InChI is InChI=1S/C17H14Cl2N2OS/c18-14-15-13(23-16(14)19)8-12(21-15)17(22)20-11-6-5-9-3-1-2-4-10(9)7-11/h1-4,8,11,21H,5-7H2,(H,20,22). The normalized spacial score (nSPS) is 17.2. The molecule has 1 aromatic carbocycles. The van der Waals surface area contributed by atoms with E-state index < -0.39 is 0 Å². The summed E-state index contributed by atoms with van der Waals surface area (Å²) in [5, 5.41) is 3.60. The molecule has 6 heteroatoms. The lowest BCUT2D eigenvalue weighted by Crippen LogP contribution is -2.38. The number of hydrogen-bond acceptors (Lipinski definition) is 2.